The molecule has 0 saturated heterocycles. The summed E-state index contributed by atoms with van der Waals surface area (Å²) in [4.78, 5) is 3.93. The van der Waals surface area contributed by atoms with E-state index in [1.807, 2.05) is 12.1 Å². The lowest BCUT2D eigenvalue weighted by Crippen LogP contribution is -2.06. The molecule has 0 aliphatic heterocycles. The molecule has 0 amide bonds. The van der Waals surface area contributed by atoms with Gasteiger partial charge in [0, 0.05) is 29.7 Å². The number of hydrogen-bond acceptors (Lipinski definition) is 3. The van der Waals surface area contributed by atoms with E-state index in [1.54, 1.807) is 6.20 Å². The third kappa shape index (κ3) is 3.16. The highest BCUT2D eigenvalue weighted by Gasteiger charge is 2.02. The molecule has 0 bridgehead atoms. The van der Waals surface area contributed by atoms with Crippen molar-refractivity contribution in [2.45, 2.75) is 26.4 Å². The first-order chi connectivity index (χ1) is 10.4. The second-order valence-electron chi connectivity index (χ2n) is 4.99. The molecule has 108 valence electrons. The molecular weight excluding hydrogens is 262 g/mol. The van der Waals surface area contributed by atoms with Crippen LogP contribution in [0.15, 0.2) is 59.6 Å². The zero-order valence-electron chi connectivity index (χ0n) is 12.1. The van der Waals surface area contributed by atoms with Gasteiger partial charge in [-0.3, -0.25) is 0 Å². The van der Waals surface area contributed by atoms with Crippen LogP contribution in [0.5, 0.6) is 0 Å². The second kappa shape index (κ2) is 6.31. The van der Waals surface area contributed by atoms with Crippen molar-refractivity contribution in [3.63, 3.8) is 0 Å². The molecule has 0 aliphatic rings. The lowest BCUT2D eigenvalue weighted by Gasteiger charge is -2.10. The number of nitrogens with one attached hydrogen (secondary N) is 1. The number of aromatic nitrogens is 2. The van der Waals surface area contributed by atoms with Gasteiger partial charge in [-0.25, -0.2) is 4.98 Å². The number of anilines is 1. The van der Waals surface area contributed by atoms with Crippen molar-refractivity contribution in [3.05, 3.63) is 60.9 Å². The van der Waals surface area contributed by atoms with E-state index in [9.17, 15) is 0 Å². The molecule has 0 spiro atoms. The van der Waals surface area contributed by atoms with E-state index in [1.165, 1.54) is 12.1 Å². The van der Waals surface area contributed by atoms with Crippen molar-refractivity contribution < 1.29 is 4.42 Å². The summed E-state index contributed by atoms with van der Waals surface area (Å²) in [6.45, 7) is 4.09. The Morgan fingerprint density at radius 1 is 1.19 bits per heavy atom. The Balaban J connectivity index is 1.64. The van der Waals surface area contributed by atoms with Crippen LogP contribution in [0.4, 0.5) is 5.69 Å². The van der Waals surface area contributed by atoms with E-state index in [0.29, 0.717) is 0 Å². The molecule has 4 nitrogen and oxygen atoms in total. The van der Waals surface area contributed by atoms with Crippen molar-refractivity contribution >= 4 is 5.69 Å². The summed E-state index contributed by atoms with van der Waals surface area (Å²) in [5.74, 6) is 0.790. The summed E-state index contributed by atoms with van der Waals surface area (Å²) in [5.41, 5.74) is 3.44. The molecule has 3 rings (SSSR count). The molecule has 0 saturated carbocycles. The SMILES string of the molecule is CCCn1cccc1CNc1ccc(-c2cnco2)cc1. The number of hydrogen-bond donors (Lipinski definition) is 1. The summed E-state index contributed by atoms with van der Waals surface area (Å²) in [7, 11) is 0. The zero-order chi connectivity index (χ0) is 14.5. The molecule has 2 aromatic heterocycles. The van der Waals surface area contributed by atoms with Crippen LogP contribution in [-0.4, -0.2) is 9.55 Å². The first-order valence-electron chi connectivity index (χ1n) is 7.23. The maximum absolute atomic E-state index is 5.29. The van der Waals surface area contributed by atoms with Crippen LogP contribution in [0.1, 0.15) is 19.0 Å². The predicted octanol–water partition coefficient (Wildman–Crippen LogP) is 4.17. The molecule has 0 aliphatic carbocycles. The normalized spacial score (nSPS) is 10.7. The minimum absolute atomic E-state index is 0.790. The van der Waals surface area contributed by atoms with Gasteiger partial charge in [-0.15, -0.1) is 0 Å². The Kier molecular flexibility index (Phi) is 4.05. The predicted molar refractivity (Wildman–Crippen MR) is 84.0 cm³/mol. The van der Waals surface area contributed by atoms with Gasteiger partial charge in [-0.2, -0.15) is 0 Å². The van der Waals surface area contributed by atoms with Gasteiger partial charge >= 0.3 is 0 Å². The summed E-state index contributed by atoms with van der Waals surface area (Å²) < 4.78 is 7.57. The van der Waals surface area contributed by atoms with E-state index in [4.69, 9.17) is 4.42 Å². The molecule has 1 N–H and O–H groups in total. The Labute approximate surface area is 124 Å². The van der Waals surface area contributed by atoms with Crippen LogP contribution in [0.25, 0.3) is 11.3 Å². The quantitative estimate of drug-likeness (QED) is 0.737. The largest absolute Gasteiger partial charge is 0.444 e. The van der Waals surface area contributed by atoms with E-state index in [-0.39, 0.29) is 0 Å². The molecule has 0 atom stereocenters. The fourth-order valence-corrected chi connectivity index (χ4v) is 2.37. The van der Waals surface area contributed by atoms with Gasteiger partial charge < -0.3 is 14.3 Å². The van der Waals surface area contributed by atoms with Gasteiger partial charge in [-0.1, -0.05) is 6.92 Å². The zero-order valence-corrected chi connectivity index (χ0v) is 12.1. The monoisotopic (exact) mass is 281 g/mol. The van der Waals surface area contributed by atoms with Crippen LogP contribution >= 0.6 is 0 Å². The molecule has 3 aromatic rings. The smallest absolute Gasteiger partial charge is 0.181 e. The Morgan fingerprint density at radius 3 is 2.76 bits per heavy atom. The Bertz CT molecular complexity index is 668. The van der Waals surface area contributed by atoms with Crippen LogP contribution < -0.4 is 5.32 Å². The first-order valence-corrected chi connectivity index (χ1v) is 7.23. The van der Waals surface area contributed by atoms with Gasteiger partial charge in [0.15, 0.2) is 12.2 Å². The Hall–Kier alpha value is -2.49. The Morgan fingerprint density at radius 2 is 2.05 bits per heavy atom. The van der Waals surface area contributed by atoms with Crippen molar-refractivity contribution in [2.75, 3.05) is 5.32 Å². The van der Waals surface area contributed by atoms with Gasteiger partial charge in [0.05, 0.1) is 12.7 Å². The standard InChI is InChI=1S/C17H19N3O/c1-2-9-20-10-3-4-16(20)11-19-15-7-5-14(6-8-15)17-12-18-13-21-17/h3-8,10,12-13,19H,2,9,11H2,1H3. The number of nitrogens with zero attached hydrogens (tertiary/aromatic N) is 2. The fourth-order valence-electron chi connectivity index (χ4n) is 2.37. The van der Waals surface area contributed by atoms with E-state index < -0.39 is 0 Å². The third-order valence-corrected chi connectivity index (χ3v) is 3.46. The minimum atomic E-state index is 0.790. The fraction of sp³-hybridized carbons (Fsp3) is 0.235. The molecule has 0 radical (unpaired) electrons. The van der Waals surface area contributed by atoms with Crippen molar-refractivity contribution in [2.24, 2.45) is 0 Å². The first kappa shape index (κ1) is 13.5. The van der Waals surface area contributed by atoms with Crippen LogP contribution in [0, 0.1) is 0 Å². The molecule has 0 unspecified atom stereocenters. The third-order valence-electron chi connectivity index (χ3n) is 3.46. The van der Waals surface area contributed by atoms with Crippen molar-refractivity contribution in [1.29, 1.82) is 0 Å². The summed E-state index contributed by atoms with van der Waals surface area (Å²) in [6, 6.07) is 12.4. The highest BCUT2D eigenvalue weighted by Crippen LogP contribution is 2.21. The van der Waals surface area contributed by atoms with Gasteiger partial charge in [0.25, 0.3) is 0 Å². The van der Waals surface area contributed by atoms with Gasteiger partial charge in [0.2, 0.25) is 0 Å². The molecule has 1 aromatic carbocycles. The lowest BCUT2D eigenvalue weighted by atomic mass is 10.1. The topological polar surface area (TPSA) is 43.0 Å². The maximum atomic E-state index is 5.29. The van der Waals surface area contributed by atoms with E-state index in [2.05, 4.69) is 52.3 Å². The highest BCUT2D eigenvalue weighted by molar-refractivity contribution is 5.60. The molecular formula is C17H19N3O. The van der Waals surface area contributed by atoms with Crippen molar-refractivity contribution in [1.82, 2.24) is 9.55 Å². The van der Waals surface area contributed by atoms with Crippen LogP contribution in [0.3, 0.4) is 0 Å². The maximum Gasteiger partial charge on any atom is 0.181 e. The number of aryl methyl sites for hydroxylation is 1. The van der Waals surface area contributed by atoms with Gasteiger partial charge in [-0.05, 0) is 42.8 Å². The molecule has 4 heteroatoms. The van der Waals surface area contributed by atoms with E-state index >= 15 is 0 Å². The second-order valence-corrected chi connectivity index (χ2v) is 4.99. The number of oxazole rings is 1. The van der Waals surface area contributed by atoms with Crippen LogP contribution in [0.2, 0.25) is 0 Å². The van der Waals surface area contributed by atoms with Gasteiger partial charge in [0.1, 0.15) is 0 Å². The number of benzene rings is 1. The molecule has 21 heavy (non-hydrogen) atoms. The number of rotatable bonds is 6. The molecule has 0 fully saturated rings. The molecule has 2 heterocycles. The summed E-state index contributed by atoms with van der Waals surface area (Å²) >= 11 is 0. The lowest BCUT2D eigenvalue weighted by molar-refractivity contribution is 0.572. The highest BCUT2D eigenvalue weighted by atomic mass is 16.3. The van der Waals surface area contributed by atoms with E-state index in [0.717, 1.165) is 36.5 Å². The minimum Gasteiger partial charge on any atom is -0.444 e. The average Bonchev–Trinajstić information content (AvgIpc) is 3.18. The van der Waals surface area contributed by atoms with Crippen molar-refractivity contribution in [3.8, 4) is 11.3 Å². The average molecular weight is 281 g/mol. The summed E-state index contributed by atoms with van der Waals surface area (Å²) in [5, 5.41) is 3.45. The van der Waals surface area contributed by atoms with Crippen LogP contribution in [-0.2, 0) is 13.1 Å². The summed E-state index contributed by atoms with van der Waals surface area (Å²) in [6.07, 6.45) is 6.45.